The van der Waals surface area contributed by atoms with Crippen LogP contribution in [0.25, 0.3) is 0 Å². The van der Waals surface area contributed by atoms with Crippen molar-refractivity contribution in [3.63, 3.8) is 0 Å². The number of hydrogen-bond donors (Lipinski definition) is 1. The number of aryl methyl sites for hydroxylation is 2. The van der Waals surface area contributed by atoms with Crippen molar-refractivity contribution in [1.29, 1.82) is 0 Å². The number of hydrogen-bond acceptors (Lipinski definition) is 4. The SMILES string of the molecule is COc1ccc(C)cc1C(N)c1ccc(=O)n(C)n1. The third-order valence-corrected chi connectivity index (χ3v) is 3.02. The van der Waals surface area contributed by atoms with Crippen LogP contribution >= 0.6 is 0 Å². The van der Waals surface area contributed by atoms with Gasteiger partial charge in [-0.25, -0.2) is 4.68 Å². The number of rotatable bonds is 3. The maximum Gasteiger partial charge on any atom is 0.266 e. The second kappa shape index (κ2) is 5.24. The Morgan fingerprint density at radius 2 is 2.05 bits per heavy atom. The molecule has 0 saturated heterocycles. The maximum absolute atomic E-state index is 11.3. The number of nitrogens with two attached hydrogens (primary N) is 1. The molecule has 1 aromatic heterocycles. The van der Waals surface area contributed by atoms with Crippen molar-refractivity contribution in [2.24, 2.45) is 12.8 Å². The van der Waals surface area contributed by atoms with Crippen molar-refractivity contribution >= 4 is 0 Å². The molecule has 0 aliphatic heterocycles. The molecule has 0 fully saturated rings. The van der Waals surface area contributed by atoms with E-state index in [1.54, 1.807) is 20.2 Å². The van der Waals surface area contributed by atoms with E-state index in [9.17, 15) is 4.79 Å². The molecule has 0 radical (unpaired) electrons. The Morgan fingerprint density at radius 3 is 2.68 bits per heavy atom. The smallest absolute Gasteiger partial charge is 0.266 e. The maximum atomic E-state index is 11.3. The van der Waals surface area contributed by atoms with Gasteiger partial charge in [0.05, 0.1) is 18.8 Å². The van der Waals surface area contributed by atoms with Gasteiger partial charge in [0.15, 0.2) is 0 Å². The number of nitrogens with zero attached hydrogens (tertiary/aromatic N) is 2. The summed E-state index contributed by atoms with van der Waals surface area (Å²) in [5, 5.41) is 4.18. The van der Waals surface area contributed by atoms with Gasteiger partial charge < -0.3 is 10.5 Å². The van der Waals surface area contributed by atoms with E-state index in [-0.39, 0.29) is 5.56 Å². The number of benzene rings is 1. The number of ether oxygens (including phenoxy) is 1. The summed E-state index contributed by atoms with van der Waals surface area (Å²) in [4.78, 5) is 11.3. The van der Waals surface area contributed by atoms with E-state index >= 15 is 0 Å². The van der Waals surface area contributed by atoms with Crippen LogP contribution in [0.2, 0.25) is 0 Å². The zero-order valence-electron chi connectivity index (χ0n) is 11.3. The fourth-order valence-corrected chi connectivity index (χ4v) is 1.94. The Bertz CT molecular complexity index is 649. The van der Waals surface area contributed by atoms with Crippen molar-refractivity contribution in [2.75, 3.05) is 7.11 Å². The molecule has 1 unspecified atom stereocenters. The predicted molar refractivity (Wildman–Crippen MR) is 73.2 cm³/mol. The first-order valence-corrected chi connectivity index (χ1v) is 5.97. The van der Waals surface area contributed by atoms with Crippen molar-refractivity contribution in [2.45, 2.75) is 13.0 Å². The number of methoxy groups -OCH3 is 1. The third kappa shape index (κ3) is 2.66. The molecule has 19 heavy (non-hydrogen) atoms. The molecule has 1 aromatic carbocycles. The van der Waals surface area contributed by atoms with E-state index in [2.05, 4.69) is 5.10 Å². The Labute approximate surface area is 111 Å². The fourth-order valence-electron chi connectivity index (χ4n) is 1.94. The molecule has 5 heteroatoms. The van der Waals surface area contributed by atoms with Gasteiger partial charge in [0.2, 0.25) is 0 Å². The van der Waals surface area contributed by atoms with E-state index < -0.39 is 6.04 Å². The molecule has 2 rings (SSSR count). The molecule has 0 amide bonds. The van der Waals surface area contributed by atoms with Gasteiger partial charge in [-0.2, -0.15) is 5.10 Å². The van der Waals surface area contributed by atoms with Gasteiger partial charge in [-0.3, -0.25) is 4.79 Å². The minimum absolute atomic E-state index is 0.160. The largest absolute Gasteiger partial charge is 0.496 e. The van der Waals surface area contributed by atoms with Crippen LogP contribution in [0.4, 0.5) is 0 Å². The highest BCUT2D eigenvalue weighted by Gasteiger charge is 2.16. The lowest BCUT2D eigenvalue weighted by atomic mass is 10.0. The van der Waals surface area contributed by atoms with E-state index in [0.29, 0.717) is 11.4 Å². The van der Waals surface area contributed by atoms with Crippen LogP contribution in [0.5, 0.6) is 5.75 Å². The lowest BCUT2D eigenvalue weighted by molar-refractivity contribution is 0.407. The summed E-state index contributed by atoms with van der Waals surface area (Å²) in [6.07, 6.45) is 0. The van der Waals surface area contributed by atoms with Crippen LogP contribution in [0, 0.1) is 6.92 Å². The minimum Gasteiger partial charge on any atom is -0.496 e. The van der Waals surface area contributed by atoms with Gasteiger partial charge in [-0.05, 0) is 19.1 Å². The Balaban J connectivity index is 2.48. The quantitative estimate of drug-likeness (QED) is 0.897. The summed E-state index contributed by atoms with van der Waals surface area (Å²) >= 11 is 0. The second-order valence-electron chi connectivity index (χ2n) is 4.44. The molecular weight excluding hydrogens is 242 g/mol. The Hall–Kier alpha value is -2.14. The van der Waals surface area contributed by atoms with Gasteiger partial charge in [-0.1, -0.05) is 17.7 Å². The molecule has 0 saturated carbocycles. The van der Waals surface area contributed by atoms with Gasteiger partial charge in [0, 0.05) is 18.7 Å². The highest BCUT2D eigenvalue weighted by Crippen LogP contribution is 2.27. The summed E-state index contributed by atoms with van der Waals surface area (Å²) in [7, 11) is 3.21. The van der Waals surface area contributed by atoms with Crippen LogP contribution in [0.1, 0.15) is 22.9 Å². The molecule has 100 valence electrons. The Kier molecular flexibility index (Phi) is 3.66. The molecule has 0 aliphatic carbocycles. The minimum atomic E-state index is -0.429. The molecule has 5 nitrogen and oxygen atoms in total. The zero-order valence-corrected chi connectivity index (χ0v) is 11.3. The van der Waals surface area contributed by atoms with Crippen LogP contribution in [-0.4, -0.2) is 16.9 Å². The topological polar surface area (TPSA) is 70.1 Å². The molecule has 1 heterocycles. The molecule has 0 aliphatic rings. The van der Waals surface area contributed by atoms with Crippen LogP contribution < -0.4 is 16.0 Å². The van der Waals surface area contributed by atoms with Crippen molar-refractivity contribution in [3.8, 4) is 5.75 Å². The molecule has 1 atom stereocenters. The van der Waals surface area contributed by atoms with Crippen LogP contribution in [-0.2, 0) is 7.05 Å². The molecule has 2 N–H and O–H groups in total. The van der Waals surface area contributed by atoms with E-state index in [0.717, 1.165) is 11.1 Å². The second-order valence-corrected chi connectivity index (χ2v) is 4.44. The average molecular weight is 259 g/mol. The molecule has 0 bridgehead atoms. The average Bonchev–Trinajstić information content (AvgIpc) is 2.41. The zero-order chi connectivity index (χ0) is 14.0. The van der Waals surface area contributed by atoms with Gasteiger partial charge in [0.1, 0.15) is 5.75 Å². The van der Waals surface area contributed by atoms with E-state index in [1.807, 2.05) is 25.1 Å². The van der Waals surface area contributed by atoms with Gasteiger partial charge in [-0.15, -0.1) is 0 Å². The first kappa shape index (κ1) is 13.3. The summed E-state index contributed by atoms with van der Waals surface area (Å²) in [6, 6.07) is 8.49. The fraction of sp³-hybridized carbons (Fsp3) is 0.286. The van der Waals surface area contributed by atoms with E-state index in [4.69, 9.17) is 10.5 Å². The normalized spacial score (nSPS) is 12.2. The summed E-state index contributed by atoms with van der Waals surface area (Å²) in [5.41, 5.74) is 8.64. The molecule has 2 aromatic rings. The highest BCUT2D eigenvalue weighted by molar-refractivity contribution is 5.42. The predicted octanol–water partition coefficient (Wildman–Crippen LogP) is 1.15. The molecular formula is C14H17N3O2. The summed E-state index contributed by atoms with van der Waals surface area (Å²) in [5.74, 6) is 0.716. The first-order chi connectivity index (χ1) is 9.02. The van der Waals surface area contributed by atoms with Crippen molar-refractivity contribution < 1.29 is 4.74 Å². The summed E-state index contributed by atoms with van der Waals surface area (Å²) in [6.45, 7) is 1.99. The lowest BCUT2D eigenvalue weighted by Crippen LogP contribution is -2.23. The molecule has 0 spiro atoms. The number of aromatic nitrogens is 2. The van der Waals surface area contributed by atoms with Gasteiger partial charge in [0.25, 0.3) is 5.56 Å². The summed E-state index contributed by atoms with van der Waals surface area (Å²) < 4.78 is 6.60. The van der Waals surface area contributed by atoms with E-state index in [1.165, 1.54) is 10.7 Å². The van der Waals surface area contributed by atoms with Gasteiger partial charge >= 0.3 is 0 Å². The Morgan fingerprint density at radius 1 is 1.32 bits per heavy atom. The first-order valence-electron chi connectivity index (χ1n) is 5.97. The lowest BCUT2D eigenvalue weighted by Gasteiger charge is -2.16. The monoisotopic (exact) mass is 259 g/mol. The van der Waals surface area contributed by atoms with Crippen molar-refractivity contribution in [3.05, 3.63) is 57.5 Å². The highest BCUT2D eigenvalue weighted by atomic mass is 16.5. The van der Waals surface area contributed by atoms with Crippen molar-refractivity contribution in [1.82, 2.24) is 9.78 Å². The van der Waals surface area contributed by atoms with Crippen LogP contribution in [0.3, 0.4) is 0 Å². The third-order valence-electron chi connectivity index (χ3n) is 3.02. The standard InChI is InChI=1S/C14H17N3O2/c1-9-4-6-12(19-3)10(8-9)14(15)11-5-7-13(18)17(2)16-11/h4-8,14H,15H2,1-3H3. The van der Waals surface area contributed by atoms with Crippen LogP contribution in [0.15, 0.2) is 35.1 Å².